The van der Waals surface area contributed by atoms with Crippen LogP contribution >= 0.6 is 0 Å². The number of benzene rings is 3. The molecule has 0 saturated heterocycles. The van der Waals surface area contributed by atoms with Gasteiger partial charge in [0.15, 0.2) is 5.78 Å². The number of fused-ring (bicyclic) bond motifs is 1. The van der Waals surface area contributed by atoms with Gasteiger partial charge in [0, 0.05) is 37.9 Å². The molecule has 1 heterocycles. The van der Waals surface area contributed by atoms with Gasteiger partial charge in [0.2, 0.25) is 0 Å². The molecule has 0 unspecified atom stereocenters. The van der Waals surface area contributed by atoms with Crippen LogP contribution in [0.3, 0.4) is 0 Å². The maximum atomic E-state index is 10.0. The smallest absolute Gasteiger partial charge is 0.155 e. The number of ketones is 1. The molecule has 153 valence electrons. The van der Waals surface area contributed by atoms with Crippen LogP contribution in [0.4, 0.5) is 0 Å². The van der Waals surface area contributed by atoms with Crippen molar-refractivity contribution >= 4 is 16.7 Å². The predicted molar refractivity (Wildman–Crippen MR) is 119 cm³/mol. The number of carbonyl (C=O) groups excluding carboxylic acids is 1. The molecule has 4 heteroatoms. The molecule has 1 aromatic heterocycles. The minimum atomic E-state index is -0.125. The first-order valence-corrected chi connectivity index (χ1v) is 9.34. The van der Waals surface area contributed by atoms with Crippen LogP contribution < -0.4 is 0 Å². The summed E-state index contributed by atoms with van der Waals surface area (Å²) in [7, 11) is 0. The first-order chi connectivity index (χ1) is 14.1. The van der Waals surface area contributed by atoms with Crippen molar-refractivity contribution in [2.24, 2.45) is 0 Å². The van der Waals surface area contributed by atoms with E-state index in [1.807, 2.05) is 30.5 Å². The predicted octanol–water partition coefficient (Wildman–Crippen LogP) is 6.40. The van der Waals surface area contributed by atoms with Crippen molar-refractivity contribution < 1.29 is 30.0 Å². The average molecular weight is 573 g/mol. The summed E-state index contributed by atoms with van der Waals surface area (Å²) < 4.78 is 0. The van der Waals surface area contributed by atoms with Crippen LogP contribution in [0.1, 0.15) is 13.8 Å². The second-order valence-corrected chi connectivity index (χ2v) is 6.60. The molecule has 0 amide bonds. The Bertz CT molecular complexity index is 1140. The molecule has 0 spiro atoms. The summed E-state index contributed by atoms with van der Waals surface area (Å²) in [6.07, 6.45) is 3.01. The molecule has 1 N–H and O–H groups in total. The molecule has 3 nitrogen and oxygen atoms in total. The molecule has 0 atom stereocenters. The Hall–Kier alpha value is -3.07. The van der Waals surface area contributed by atoms with Crippen molar-refractivity contribution in [3.05, 3.63) is 103 Å². The molecule has 0 saturated carbocycles. The van der Waals surface area contributed by atoms with E-state index >= 15 is 0 Å². The second kappa shape index (κ2) is 11.2. The van der Waals surface area contributed by atoms with Crippen LogP contribution in [0.5, 0.6) is 0 Å². The van der Waals surface area contributed by atoms with Crippen LogP contribution in [0, 0.1) is 6.07 Å². The number of para-hydroxylation sites is 1. The minimum absolute atomic E-state index is 0. The quantitative estimate of drug-likeness (QED) is 0.176. The maximum absolute atomic E-state index is 10.0. The Labute approximate surface area is 190 Å². The molecule has 0 bridgehead atoms. The zero-order valence-corrected chi connectivity index (χ0v) is 19.2. The van der Waals surface area contributed by atoms with E-state index in [4.69, 9.17) is 5.11 Å². The average Bonchev–Trinajstić information content (AvgIpc) is 2.73. The van der Waals surface area contributed by atoms with E-state index in [1.54, 1.807) is 0 Å². The van der Waals surface area contributed by atoms with Crippen molar-refractivity contribution in [2.45, 2.75) is 13.8 Å². The number of aliphatic hydroxyl groups excluding tert-OH is 1. The van der Waals surface area contributed by atoms with Crippen LogP contribution in [0.25, 0.3) is 33.2 Å². The number of aromatic nitrogens is 1. The van der Waals surface area contributed by atoms with Crippen LogP contribution in [0.15, 0.2) is 96.9 Å². The van der Waals surface area contributed by atoms with Crippen LogP contribution in [-0.2, 0) is 24.9 Å². The van der Waals surface area contributed by atoms with Crippen molar-refractivity contribution in [1.29, 1.82) is 0 Å². The summed E-state index contributed by atoms with van der Waals surface area (Å²) in [6.45, 7) is 2.85. The van der Waals surface area contributed by atoms with E-state index in [0.717, 1.165) is 22.0 Å². The molecule has 4 aromatic rings. The minimum Gasteiger partial charge on any atom is -0.512 e. The zero-order chi connectivity index (χ0) is 20.6. The van der Waals surface area contributed by atoms with Gasteiger partial charge in [-0.05, 0) is 25.3 Å². The molecule has 0 fully saturated rings. The molecule has 0 aliphatic carbocycles. The third kappa shape index (κ3) is 5.96. The van der Waals surface area contributed by atoms with Crippen molar-refractivity contribution in [2.75, 3.05) is 0 Å². The fourth-order valence-corrected chi connectivity index (χ4v) is 3.12. The van der Waals surface area contributed by atoms with Gasteiger partial charge < -0.3 is 5.11 Å². The summed E-state index contributed by atoms with van der Waals surface area (Å²) >= 11 is 0. The van der Waals surface area contributed by atoms with E-state index < -0.39 is 0 Å². The van der Waals surface area contributed by atoms with Gasteiger partial charge in [-0.3, -0.25) is 9.78 Å². The molecule has 3 aromatic carbocycles. The zero-order valence-electron chi connectivity index (χ0n) is 16.8. The maximum Gasteiger partial charge on any atom is 0.155 e. The van der Waals surface area contributed by atoms with E-state index in [0.29, 0.717) is 0 Å². The van der Waals surface area contributed by atoms with Gasteiger partial charge >= 0.3 is 0 Å². The van der Waals surface area contributed by atoms with Gasteiger partial charge in [-0.1, -0.05) is 65.7 Å². The first kappa shape index (κ1) is 23.2. The van der Waals surface area contributed by atoms with Gasteiger partial charge in [-0.2, -0.15) is 0 Å². The Morgan fingerprint density at radius 3 is 2.27 bits per heavy atom. The van der Waals surface area contributed by atoms with Gasteiger partial charge in [0.05, 0.1) is 5.76 Å². The number of nitrogens with zero attached hydrogens (tertiary/aromatic N) is 1. The molecule has 0 aliphatic rings. The number of hydrogen-bond donors (Lipinski definition) is 1. The van der Waals surface area contributed by atoms with Gasteiger partial charge in [-0.15, -0.1) is 35.4 Å². The largest absolute Gasteiger partial charge is 0.512 e. The van der Waals surface area contributed by atoms with E-state index in [-0.39, 0.29) is 31.6 Å². The molecular weight excluding hydrogens is 551 g/mol. The Morgan fingerprint density at radius 2 is 1.60 bits per heavy atom. The fourth-order valence-electron chi connectivity index (χ4n) is 3.12. The Balaban J connectivity index is 0.000000350. The number of carbonyl (C=O) groups is 1. The molecule has 4 rings (SSSR count). The normalized spacial score (nSPS) is 10.5. The molecular formula is C26H22IrNO2-. The fraction of sp³-hybridized carbons (Fsp3) is 0.0769. The van der Waals surface area contributed by atoms with Crippen molar-refractivity contribution in [1.82, 2.24) is 4.98 Å². The monoisotopic (exact) mass is 573 g/mol. The number of pyridine rings is 1. The van der Waals surface area contributed by atoms with Gasteiger partial charge in [0.1, 0.15) is 0 Å². The van der Waals surface area contributed by atoms with Crippen LogP contribution in [-0.4, -0.2) is 15.9 Å². The van der Waals surface area contributed by atoms with Gasteiger partial charge in [-0.25, -0.2) is 0 Å². The van der Waals surface area contributed by atoms with Crippen LogP contribution in [0.2, 0.25) is 0 Å². The Kier molecular flexibility index (Phi) is 8.67. The summed E-state index contributed by atoms with van der Waals surface area (Å²) in [5.74, 6) is -0.0625. The van der Waals surface area contributed by atoms with E-state index in [2.05, 4.69) is 65.6 Å². The Morgan fingerprint density at radius 1 is 0.900 bits per heavy atom. The topological polar surface area (TPSA) is 50.2 Å². The number of allylic oxidation sites excluding steroid dienone is 2. The van der Waals surface area contributed by atoms with Crippen molar-refractivity contribution in [3.63, 3.8) is 0 Å². The third-order valence-corrected chi connectivity index (χ3v) is 4.26. The first-order valence-electron chi connectivity index (χ1n) is 9.34. The third-order valence-electron chi connectivity index (χ3n) is 4.26. The number of hydrogen-bond acceptors (Lipinski definition) is 3. The summed E-state index contributed by atoms with van der Waals surface area (Å²) in [5.41, 5.74) is 5.61. The second-order valence-electron chi connectivity index (χ2n) is 6.60. The number of rotatable bonds is 3. The molecule has 30 heavy (non-hydrogen) atoms. The van der Waals surface area contributed by atoms with Gasteiger partial charge in [0.25, 0.3) is 0 Å². The summed E-state index contributed by atoms with van der Waals surface area (Å²) in [5, 5.41) is 9.51. The molecule has 0 aliphatic heterocycles. The van der Waals surface area contributed by atoms with Crippen molar-refractivity contribution in [3.8, 4) is 22.3 Å². The summed E-state index contributed by atoms with van der Waals surface area (Å²) in [6, 6.07) is 30.3. The van der Waals surface area contributed by atoms with E-state index in [1.165, 1.54) is 31.1 Å². The SMILES string of the molecule is CC(=O)/C=C(/C)O.[Ir].[c-]1cccc(-c2ccccc2)c1-c1cccc2cccnc12. The summed E-state index contributed by atoms with van der Waals surface area (Å²) in [4.78, 5) is 14.6. The molecule has 1 radical (unpaired) electrons. The van der Waals surface area contributed by atoms with E-state index in [9.17, 15) is 4.79 Å². The standard InChI is InChI=1S/C21H14N.C5H8O2.Ir/c1-2-8-16(9-3-1)18-12-4-5-13-19(18)20-14-6-10-17-11-7-15-22-21(17)20;1-4(6)3-5(2)7;/h1-12,14-15H;3,6H,1-2H3;/q-1;;/b;4-3-;. The number of aliphatic hydroxyl groups is 1.